The number of halogens is 6. The monoisotopic (exact) mass is 531 g/mol. The van der Waals surface area contributed by atoms with Gasteiger partial charge >= 0.3 is 6.36 Å². The quantitative estimate of drug-likeness (QED) is 0.246. The lowest BCUT2D eigenvalue weighted by molar-refractivity contribution is -0.274. The molecule has 0 radical (unpaired) electrons. The van der Waals surface area contributed by atoms with Crippen LogP contribution >= 0.6 is 15.9 Å². The van der Waals surface area contributed by atoms with Gasteiger partial charge in [0.05, 0.1) is 17.1 Å². The first-order valence-corrected chi connectivity index (χ1v) is 10.2. The maximum atomic E-state index is 13.8. The van der Waals surface area contributed by atoms with Crippen molar-refractivity contribution in [3.63, 3.8) is 0 Å². The molecule has 176 valence electrons. The third-order valence-corrected chi connectivity index (χ3v) is 5.06. The molecule has 0 saturated carbocycles. The van der Waals surface area contributed by atoms with Crippen molar-refractivity contribution in [2.75, 3.05) is 5.01 Å². The van der Waals surface area contributed by atoms with Gasteiger partial charge in [-0.05, 0) is 55.5 Å². The van der Waals surface area contributed by atoms with Crippen LogP contribution in [0.1, 0.15) is 23.9 Å². The lowest BCUT2D eigenvalue weighted by atomic mass is 10.1. The molecule has 33 heavy (non-hydrogen) atoms. The zero-order chi connectivity index (χ0) is 24.6. The van der Waals surface area contributed by atoms with Gasteiger partial charge in [0.2, 0.25) is 0 Å². The van der Waals surface area contributed by atoms with Crippen LogP contribution in [0.25, 0.3) is 11.4 Å². The summed E-state index contributed by atoms with van der Waals surface area (Å²) in [6.07, 6.45) is -3.65. The summed E-state index contributed by atoms with van der Waals surface area (Å²) in [5.41, 5.74) is 7.15. The predicted molar refractivity (Wildman–Crippen MR) is 118 cm³/mol. The van der Waals surface area contributed by atoms with Crippen LogP contribution in [0.2, 0.25) is 0 Å². The molecule has 1 heterocycles. The fourth-order valence-corrected chi connectivity index (χ4v) is 3.42. The molecule has 3 rings (SSSR count). The number of hydrogen-bond donors (Lipinski definition) is 2. The molecule has 0 atom stereocenters. The van der Waals surface area contributed by atoms with Gasteiger partial charge in [0.15, 0.2) is 0 Å². The first-order chi connectivity index (χ1) is 15.3. The second kappa shape index (κ2) is 9.02. The van der Waals surface area contributed by atoms with E-state index < -0.39 is 23.7 Å². The molecule has 0 aliphatic carbocycles. The van der Waals surface area contributed by atoms with Crippen LogP contribution in [0, 0.1) is 6.92 Å². The number of ether oxygens (including phenoxy) is 1. The van der Waals surface area contributed by atoms with Gasteiger partial charge in [-0.2, -0.15) is 13.9 Å². The van der Waals surface area contributed by atoms with Gasteiger partial charge in [0.1, 0.15) is 11.4 Å². The van der Waals surface area contributed by atoms with E-state index in [1.807, 2.05) is 0 Å². The summed E-state index contributed by atoms with van der Waals surface area (Å²) in [7, 11) is 0. The van der Waals surface area contributed by atoms with Gasteiger partial charge < -0.3 is 10.5 Å². The van der Waals surface area contributed by atoms with Crippen LogP contribution in [-0.2, 0) is 5.92 Å². The number of rotatable bonds is 6. The molecule has 1 aromatic heterocycles. The van der Waals surface area contributed by atoms with Crippen molar-refractivity contribution in [1.29, 1.82) is 0 Å². The van der Waals surface area contributed by atoms with E-state index >= 15 is 0 Å². The molecule has 0 bridgehead atoms. The first-order valence-electron chi connectivity index (χ1n) is 9.38. The molecule has 4 N–H and O–H groups in total. The second-order valence-electron chi connectivity index (χ2n) is 7.10. The topological polar surface area (TPSA) is 82.3 Å². The van der Waals surface area contributed by atoms with E-state index in [0.717, 1.165) is 19.1 Å². The Bertz CT molecular complexity index is 1170. The zero-order valence-electron chi connectivity index (χ0n) is 17.4. The minimum Gasteiger partial charge on any atom is -0.406 e. The molecule has 0 saturated heterocycles. The lowest BCUT2D eigenvalue weighted by Crippen LogP contribution is -2.31. The maximum Gasteiger partial charge on any atom is 0.573 e. The number of hydrogen-bond acceptors (Lipinski definition) is 5. The Labute approximate surface area is 194 Å². The Morgan fingerprint density at radius 2 is 1.73 bits per heavy atom. The van der Waals surface area contributed by atoms with Crippen molar-refractivity contribution in [2.45, 2.75) is 26.1 Å². The molecule has 0 aliphatic heterocycles. The largest absolute Gasteiger partial charge is 0.573 e. The SMILES string of the molecule is Cc1cc(C(C)(F)F)nn1-c1ccc(Br)cc1N(N)/C(=C\N)c1ccc(OC(F)(F)F)cc1. The molecule has 3 aromatic rings. The fraction of sp³-hybridized carbons (Fsp3) is 0.190. The second-order valence-corrected chi connectivity index (χ2v) is 8.01. The van der Waals surface area contributed by atoms with Crippen molar-refractivity contribution in [2.24, 2.45) is 11.6 Å². The minimum atomic E-state index is -4.82. The van der Waals surface area contributed by atoms with Crippen LogP contribution in [0.15, 0.2) is 59.2 Å². The third kappa shape index (κ3) is 5.63. The molecule has 0 amide bonds. The van der Waals surface area contributed by atoms with Gasteiger partial charge in [-0.15, -0.1) is 13.2 Å². The van der Waals surface area contributed by atoms with E-state index in [1.54, 1.807) is 25.1 Å². The highest BCUT2D eigenvalue weighted by Gasteiger charge is 2.31. The summed E-state index contributed by atoms with van der Waals surface area (Å²) < 4.78 is 70.7. The van der Waals surface area contributed by atoms with E-state index in [4.69, 9.17) is 11.6 Å². The van der Waals surface area contributed by atoms with Gasteiger partial charge in [-0.1, -0.05) is 15.9 Å². The maximum absolute atomic E-state index is 13.8. The summed E-state index contributed by atoms with van der Waals surface area (Å²) in [6, 6.07) is 11.2. The third-order valence-electron chi connectivity index (χ3n) is 4.56. The Kier molecular flexibility index (Phi) is 6.70. The van der Waals surface area contributed by atoms with E-state index in [2.05, 4.69) is 25.8 Å². The van der Waals surface area contributed by atoms with E-state index in [9.17, 15) is 22.0 Å². The average Bonchev–Trinajstić information content (AvgIpc) is 3.10. The van der Waals surface area contributed by atoms with Crippen molar-refractivity contribution in [3.8, 4) is 11.4 Å². The van der Waals surface area contributed by atoms with Gasteiger partial charge in [0.25, 0.3) is 5.92 Å². The van der Waals surface area contributed by atoms with E-state index in [1.165, 1.54) is 34.1 Å². The number of anilines is 1. The van der Waals surface area contributed by atoms with Gasteiger partial charge in [0, 0.05) is 28.9 Å². The minimum absolute atomic E-state index is 0.235. The molecule has 0 aliphatic rings. The molecular weight excluding hydrogens is 513 g/mol. The molecule has 6 nitrogen and oxygen atoms in total. The number of hydrazine groups is 1. The Balaban J connectivity index is 2.02. The molecule has 0 unspecified atom stereocenters. The molecule has 0 fully saturated rings. The summed E-state index contributed by atoms with van der Waals surface area (Å²) in [4.78, 5) is 0. The van der Waals surface area contributed by atoms with Crippen molar-refractivity contribution >= 4 is 27.3 Å². The number of nitrogens with two attached hydrogens (primary N) is 2. The Morgan fingerprint density at radius 1 is 1.09 bits per heavy atom. The molecule has 12 heteroatoms. The van der Waals surface area contributed by atoms with Crippen molar-refractivity contribution < 1.29 is 26.7 Å². The van der Waals surface area contributed by atoms with Crippen LogP contribution < -0.4 is 21.3 Å². The normalized spacial score (nSPS) is 12.7. The van der Waals surface area contributed by atoms with Crippen LogP contribution in [0.4, 0.5) is 27.6 Å². The summed E-state index contributed by atoms with van der Waals surface area (Å²) in [5, 5.41) is 5.21. The summed E-state index contributed by atoms with van der Waals surface area (Å²) in [5.74, 6) is 2.78. The Morgan fingerprint density at radius 3 is 2.24 bits per heavy atom. The predicted octanol–water partition coefficient (Wildman–Crippen LogP) is 5.59. The van der Waals surface area contributed by atoms with Crippen LogP contribution in [0.3, 0.4) is 0 Å². The number of nitrogens with zero attached hydrogens (tertiary/aromatic N) is 3. The van der Waals surface area contributed by atoms with Crippen molar-refractivity contribution in [1.82, 2.24) is 9.78 Å². The standard InChI is InChI=1S/C21H19BrF5N5O/c1-12-9-19(20(2,23)24)30-32(12)16-8-5-14(22)10-17(16)31(29)18(11-28)13-3-6-15(7-4-13)33-21(25,26)27/h3-11H,28-29H2,1-2H3/b18-11-. The smallest absolute Gasteiger partial charge is 0.406 e. The van der Waals surface area contributed by atoms with Crippen LogP contribution in [-0.4, -0.2) is 16.1 Å². The number of alkyl halides is 5. The number of benzene rings is 2. The fourth-order valence-electron chi connectivity index (χ4n) is 3.07. The Hall–Kier alpha value is -3.12. The summed E-state index contributed by atoms with van der Waals surface area (Å²) in [6.45, 7) is 2.37. The number of aryl methyl sites for hydroxylation is 1. The average molecular weight is 532 g/mol. The zero-order valence-corrected chi connectivity index (χ0v) is 19.0. The highest BCUT2D eigenvalue weighted by Crippen LogP contribution is 2.34. The number of aromatic nitrogens is 2. The van der Waals surface area contributed by atoms with Gasteiger partial charge in [-0.25, -0.2) is 10.5 Å². The highest BCUT2D eigenvalue weighted by molar-refractivity contribution is 9.10. The molecule has 0 spiro atoms. The van der Waals surface area contributed by atoms with E-state index in [-0.39, 0.29) is 5.70 Å². The summed E-state index contributed by atoms with van der Waals surface area (Å²) >= 11 is 3.35. The van der Waals surface area contributed by atoms with Gasteiger partial charge in [-0.3, -0.25) is 5.01 Å². The first kappa shape index (κ1) is 24.5. The van der Waals surface area contributed by atoms with Crippen LogP contribution in [0.5, 0.6) is 5.75 Å². The highest BCUT2D eigenvalue weighted by atomic mass is 79.9. The molecular formula is C21H19BrF5N5O. The lowest BCUT2D eigenvalue weighted by Gasteiger charge is -2.25. The molecule has 2 aromatic carbocycles. The van der Waals surface area contributed by atoms with Crippen molar-refractivity contribution in [3.05, 3.63) is 76.2 Å². The van der Waals surface area contributed by atoms with E-state index in [0.29, 0.717) is 27.1 Å².